The molecular formula is C11H15NO5S2. The first-order valence-electron chi connectivity index (χ1n) is 5.92. The van der Waals surface area contributed by atoms with Gasteiger partial charge in [0.2, 0.25) is 10.0 Å². The molecule has 1 aromatic heterocycles. The van der Waals surface area contributed by atoms with Crippen molar-refractivity contribution < 1.29 is 23.4 Å². The summed E-state index contributed by atoms with van der Waals surface area (Å²) in [6.07, 6.45) is 2.26. The third-order valence-electron chi connectivity index (χ3n) is 3.12. The van der Waals surface area contributed by atoms with E-state index in [0.29, 0.717) is 12.8 Å². The highest BCUT2D eigenvalue weighted by molar-refractivity contribution is 7.91. The van der Waals surface area contributed by atoms with E-state index >= 15 is 0 Å². The fourth-order valence-corrected chi connectivity index (χ4v) is 4.55. The van der Waals surface area contributed by atoms with E-state index in [0.717, 1.165) is 30.2 Å². The van der Waals surface area contributed by atoms with Crippen LogP contribution in [0.4, 0.5) is 0 Å². The molecule has 2 rings (SSSR count). The molecule has 1 aromatic rings. The topological polar surface area (TPSA) is 104 Å². The van der Waals surface area contributed by atoms with Crippen molar-refractivity contribution in [2.75, 3.05) is 0 Å². The Kier molecular flexibility index (Phi) is 4.24. The molecule has 0 saturated heterocycles. The van der Waals surface area contributed by atoms with Crippen molar-refractivity contribution in [2.24, 2.45) is 0 Å². The number of carbonyl (C=O) groups is 1. The molecule has 0 bridgehead atoms. The lowest BCUT2D eigenvalue weighted by atomic mass is 9.93. The van der Waals surface area contributed by atoms with Crippen molar-refractivity contribution in [2.45, 2.75) is 42.0 Å². The number of aliphatic hydroxyl groups is 1. The van der Waals surface area contributed by atoms with Gasteiger partial charge in [-0.05, 0) is 18.9 Å². The summed E-state index contributed by atoms with van der Waals surface area (Å²) in [5.74, 6) is -1.16. The Morgan fingerprint density at radius 3 is 2.63 bits per heavy atom. The number of aliphatic hydroxyl groups excluding tert-OH is 1. The summed E-state index contributed by atoms with van der Waals surface area (Å²) < 4.78 is 26.6. The number of aromatic carboxylic acids is 1. The van der Waals surface area contributed by atoms with Gasteiger partial charge in [0.1, 0.15) is 4.21 Å². The van der Waals surface area contributed by atoms with Crippen LogP contribution < -0.4 is 4.72 Å². The van der Waals surface area contributed by atoms with E-state index in [2.05, 4.69) is 4.72 Å². The van der Waals surface area contributed by atoms with Gasteiger partial charge in [-0.1, -0.05) is 12.8 Å². The first kappa shape index (κ1) is 14.4. The molecule has 1 aliphatic rings. The van der Waals surface area contributed by atoms with E-state index < -0.39 is 28.1 Å². The SMILES string of the molecule is O=C(O)c1csc(S(=O)(=O)NC2CCCCC2O)c1. The van der Waals surface area contributed by atoms with Gasteiger partial charge < -0.3 is 10.2 Å². The number of carboxylic acids is 1. The minimum atomic E-state index is -3.76. The number of rotatable bonds is 4. The van der Waals surface area contributed by atoms with Crippen LogP contribution in [0.2, 0.25) is 0 Å². The van der Waals surface area contributed by atoms with Gasteiger partial charge in [0.15, 0.2) is 0 Å². The largest absolute Gasteiger partial charge is 0.478 e. The summed E-state index contributed by atoms with van der Waals surface area (Å²) in [5, 5.41) is 19.8. The van der Waals surface area contributed by atoms with Crippen LogP contribution in [0.1, 0.15) is 36.0 Å². The van der Waals surface area contributed by atoms with Gasteiger partial charge >= 0.3 is 5.97 Å². The van der Waals surface area contributed by atoms with Crippen LogP contribution in [0.25, 0.3) is 0 Å². The van der Waals surface area contributed by atoms with Crippen LogP contribution in [-0.4, -0.2) is 36.7 Å². The second-order valence-electron chi connectivity index (χ2n) is 4.54. The van der Waals surface area contributed by atoms with Gasteiger partial charge in [0, 0.05) is 11.4 Å². The average molecular weight is 305 g/mol. The monoisotopic (exact) mass is 305 g/mol. The van der Waals surface area contributed by atoms with E-state index in [1.54, 1.807) is 0 Å². The molecule has 1 fully saturated rings. The maximum Gasteiger partial charge on any atom is 0.336 e. The van der Waals surface area contributed by atoms with E-state index in [1.165, 1.54) is 5.38 Å². The summed E-state index contributed by atoms with van der Waals surface area (Å²) >= 11 is 0.862. The van der Waals surface area contributed by atoms with Gasteiger partial charge in [-0.15, -0.1) is 11.3 Å². The fraction of sp³-hybridized carbons (Fsp3) is 0.545. The minimum absolute atomic E-state index is 0.0392. The number of hydrogen-bond acceptors (Lipinski definition) is 5. The van der Waals surface area contributed by atoms with Gasteiger partial charge in [-0.3, -0.25) is 0 Å². The zero-order valence-electron chi connectivity index (χ0n) is 10.1. The Bertz CT molecular complexity index is 565. The average Bonchev–Trinajstić information content (AvgIpc) is 2.82. The van der Waals surface area contributed by atoms with E-state index in [4.69, 9.17) is 5.11 Å². The first-order valence-corrected chi connectivity index (χ1v) is 8.28. The molecule has 8 heteroatoms. The highest BCUT2D eigenvalue weighted by Gasteiger charge is 2.29. The Hall–Kier alpha value is -0.960. The van der Waals surface area contributed by atoms with Crippen LogP contribution in [0.3, 0.4) is 0 Å². The van der Waals surface area contributed by atoms with Gasteiger partial charge in [0.25, 0.3) is 0 Å². The Labute approximate surface area is 115 Å². The highest BCUT2D eigenvalue weighted by atomic mass is 32.2. The minimum Gasteiger partial charge on any atom is -0.478 e. The summed E-state index contributed by atoms with van der Waals surface area (Å²) in [5.41, 5.74) is -0.0467. The molecule has 1 saturated carbocycles. The van der Waals surface area contributed by atoms with Crippen molar-refractivity contribution in [3.8, 4) is 0 Å². The Morgan fingerprint density at radius 2 is 2.05 bits per heavy atom. The molecule has 1 aliphatic carbocycles. The molecule has 19 heavy (non-hydrogen) atoms. The van der Waals surface area contributed by atoms with E-state index in [-0.39, 0.29) is 9.77 Å². The van der Waals surface area contributed by atoms with Crippen LogP contribution in [0.15, 0.2) is 15.7 Å². The summed E-state index contributed by atoms with van der Waals surface area (Å²) in [6, 6.07) is 0.638. The van der Waals surface area contributed by atoms with E-state index in [1.807, 2.05) is 0 Å². The number of hydrogen-bond donors (Lipinski definition) is 3. The maximum absolute atomic E-state index is 12.1. The molecular weight excluding hydrogens is 290 g/mol. The molecule has 6 nitrogen and oxygen atoms in total. The third-order valence-corrected chi connectivity index (χ3v) is 6.05. The lowest BCUT2D eigenvalue weighted by Crippen LogP contribution is -2.44. The van der Waals surface area contributed by atoms with Crippen molar-refractivity contribution in [3.63, 3.8) is 0 Å². The van der Waals surface area contributed by atoms with Crippen molar-refractivity contribution in [3.05, 3.63) is 17.0 Å². The lowest BCUT2D eigenvalue weighted by Gasteiger charge is -2.27. The van der Waals surface area contributed by atoms with Gasteiger partial charge in [-0.25, -0.2) is 17.9 Å². The van der Waals surface area contributed by atoms with Crippen LogP contribution in [0.5, 0.6) is 0 Å². The fourth-order valence-electron chi connectivity index (χ4n) is 2.08. The predicted octanol–water partition coefficient (Wildman–Crippen LogP) is 1.03. The first-order chi connectivity index (χ1) is 8.90. The summed E-state index contributed by atoms with van der Waals surface area (Å²) in [6.45, 7) is 0. The molecule has 106 valence electrons. The number of carboxylic acid groups (broad SMARTS) is 1. The predicted molar refractivity (Wildman–Crippen MR) is 69.9 cm³/mol. The zero-order valence-corrected chi connectivity index (χ0v) is 11.7. The van der Waals surface area contributed by atoms with Crippen molar-refractivity contribution >= 4 is 27.3 Å². The number of nitrogens with one attached hydrogen (secondary N) is 1. The third kappa shape index (κ3) is 3.33. The van der Waals surface area contributed by atoms with Crippen molar-refractivity contribution in [1.82, 2.24) is 4.72 Å². The summed E-state index contributed by atoms with van der Waals surface area (Å²) in [7, 11) is -3.76. The molecule has 0 amide bonds. The maximum atomic E-state index is 12.1. The van der Waals surface area contributed by atoms with Gasteiger partial charge in [-0.2, -0.15) is 0 Å². The standard InChI is InChI=1S/C11H15NO5S2/c13-9-4-2-1-3-8(9)12-19(16,17)10-5-7(6-18-10)11(14)15/h5-6,8-9,12-13H,1-4H2,(H,14,15). The number of sulfonamides is 1. The normalized spacial score (nSPS) is 24.3. The molecule has 2 unspecified atom stereocenters. The number of thiophene rings is 1. The molecule has 0 aliphatic heterocycles. The molecule has 1 heterocycles. The summed E-state index contributed by atoms with van der Waals surface area (Å²) in [4.78, 5) is 10.7. The highest BCUT2D eigenvalue weighted by Crippen LogP contribution is 2.24. The molecule has 0 radical (unpaired) electrons. The zero-order chi connectivity index (χ0) is 14.0. The molecule has 3 N–H and O–H groups in total. The quantitative estimate of drug-likeness (QED) is 0.770. The van der Waals surface area contributed by atoms with Crippen LogP contribution in [0, 0.1) is 0 Å². The second kappa shape index (κ2) is 5.58. The smallest absolute Gasteiger partial charge is 0.336 e. The Balaban J connectivity index is 2.15. The van der Waals surface area contributed by atoms with Crippen LogP contribution in [-0.2, 0) is 10.0 Å². The molecule has 0 spiro atoms. The second-order valence-corrected chi connectivity index (χ2v) is 7.39. The molecule has 2 atom stereocenters. The van der Waals surface area contributed by atoms with E-state index in [9.17, 15) is 18.3 Å². The Morgan fingerprint density at radius 1 is 1.37 bits per heavy atom. The molecule has 0 aromatic carbocycles. The van der Waals surface area contributed by atoms with Gasteiger partial charge in [0.05, 0.1) is 11.7 Å². The van der Waals surface area contributed by atoms with Crippen LogP contribution >= 0.6 is 11.3 Å². The lowest BCUT2D eigenvalue weighted by molar-refractivity contribution is 0.0697. The van der Waals surface area contributed by atoms with Crippen molar-refractivity contribution in [1.29, 1.82) is 0 Å².